The number of rotatable bonds is 4. The molecule has 0 spiro atoms. The van der Waals surface area contributed by atoms with Crippen molar-refractivity contribution >= 4 is 11.6 Å². The van der Waals surface area contributed by atoms with Gasteiger partial charge in [-0.05, 0) is 17.7 Å². The Morgan fingerprint density at radius 1 is 1.26 bits per heavy atom. The van der Waals surface area contributed by atoms with E-state index in [1.165, 1.54) is 0 Å². The van der Waals surface area contributed by atoms with Gasteiger partial charge in [-0.25, -0.2) is 8.78 Å². The number of aliphatic hydroxyl groups is 1. The van der Waals surface area contributed by atoms with E-state index in [1.807, 2.05) is 0 Å². The van der Waals surface area contributed by atoms with Crippen molar-refractivity contribution in [2.75, 3.05) is 32.8 Å². The molecule has 1 atom stereocenters. The van der Waals surface area contributed by atoms with Crippen molar-refractivity contribution in [3.63, 3.8) is 0 Å². The summed E-state index contributed by atoms with van der Waals surface area (Å²) in [5.74, 6) is -3.18. The van der Waals surface area contributed by atoms with E-state index in [1.54, 1.807) is 29.2 Å². The number of aliphatic hydroxyl groups excluding tert-OH is 1. The van der Waals surface area contributed by atoms with Gasteiger partial charge < -0.3 is 10.4 Å². The largest absolute Gasteiger partial charge is 0.390 e. The molecule has 19 heavy (non-hydrogen) atoms. The summed E-state index contributed by atoms with van der Waals surface area (Å²) in [5.41, 5.74) is 0.477. The number of alkyl halides is 2. The fourth-order valence-corrected chi connectivity index (χ4v) is 2.52. The number of benzene rings is 1. The molecule has 1 aromatic rings. The predicted molar refractivity (Wildman–Crippen MR) is 70.7 cm³/mol. The Bertz CT molecular complexity index is 408. The molecular formula is C13H17ClF2N2O. The van der Waals surface area contributed by atoms with Crippen LogP contribution in [0.25, 0.3) is 0 Å². The zero-order chi connectivity index (χ0) is 13.9. The first-order chi connectivity index (χ1) is 9.04. The van der Waals surface area contributed by atoms with Crippen molar-refractivity contribution in [2.45, 2.75) is 12.0 Å². The van der Waals surface area contributed by atoms with E-state index >= 15 is 0 Å². The summed E-state index contributed by atoms with van der Waals surface area (Å²) in [6.07, 6.45) is 0. The lowest BCUT2D eigenvalue weighted by Crippen LogP contribution is -2.51. The first-order valence-corrected chi connectivity index (χ1v) is 6.61. The van der Waals surface area contributed by atoms with Gasteiger partial charge in [0.05, 0.1) is 0 Å². The molecule has 2 N–H and O–H groups in total. The molecule has 0 aliphatic carbocycles. The molecule has 106 valence electrons. The van der Waals surface area contributed by atoms with E-state index in [0.29, 0.717) is 36.8 Å². The van der Waals surface area contributed by atoms with Crippen LogP contribution in [0.15, 0.2) is 24.3 Å². The monoisotopic (exact) mass is 290 g/mol. The summed E-state index contributed by atoms with van der Waals surface area (Å²) < 4.78 is 28.1. The van der Waals surface area contributed by atoms with Crippen molar-refractivity contribution < 1.29 is 13.9 Å². The normalized spacial score (nSPS) is 19.4. The summed E-state index contributed by atoms with van der Waals surface area (Å²) in [5, 5.41) is 12.6. The maximum Gasteiger partial charge on any atom is 0.289 e. The maximum atomic E-state index is 14.0. The van der Waals surface area contributed by atoms with Crippen molar-refractivity contribution in [3.8, 4) is 0 Å². The summed E-state index contributed by atoms with van der Waals surface area (Å²) in [6.45, 7) is 1.24. The SMILES string of the molecule is OCC(F)(F)[C@@H](c1ccc(Cl)cc1)N1CCNCC1. The molecule has 3 nitrogen and oxygen atoms in total. The lowest BCUT2D eigenvalue weighted by molar-refractivity contribution is -0.118. The van der Waals surface area contributed by atoms with Crippen molar-refractivity contribution in [1.82, 2.24) is 10.2 Å². The molecule has 0 radical (unpaired) electrons. The molecule has 0 unspecified atom stereocenters. The van der Waals surface area contributed by atoms with Crippen molar-refractivity contribution in [2.24, 2.45) is 0 Å². The van der Waals surface area contributed by atoms with Crippen LogP contribution in [0.2, 0.25) is 5.02 Å². The molecule has 1 saturated heterocycles. The average Bonchev–Trinajstić information content (AvgIpc) is 2.42. The van der Waals surface area contributed by atoms with Gasteiger partial charge in [0.1, 0.15) is 12.6 Å². The maximum absolute atomic E-state index is 14.0. The van der Waals surface area contributed by atoms with Gasteiger partial charge in [0.25, 0.3) is 5.92 Å². The number of hydrogen-bond acceptors (Lipinski definition) is 3. The smallest absolute Gasteiger partial charge is 0.289 e. The quantitative estimate of drug-likeness (QED) is 0.889. The van der Waals surface area contributed by atoms with E-state index < -0.39 is 18.6 Å². The highest BCUT2D eigenvalue weighted by Crippen LogP contribution is 2.36. The Balaban J connectivity index is 2.30. The molecule has 1 aromatic carbocycles. The van der Waals surface area contributed by atoms with Crippen LogP contribution in [0.5, 0.6) is 0 Å². The van der Waals surface area contributed by atoms with E-state index in [2.05, 4.69) is 5.32 Å². The van der Waals surface area contributed by atoms with Crippen LogP contribution in [-0.4, -0.2) is 48.7 Å². The molecule has 2 rings (SSSR count). The van der Waals surface area contributed by atoms with E-state index in [-0.39, 0.29) is 0 Å². The molecule has 1 fully saturated rings. The Hall–Kier alpha value is -0.750. The molecule has 1 heterocycles. The highest BCUT2D eigenvalue weighted by atomic mass is 35.5. The van der Waals surface area contributed by atoms with Crippen LogP contribution in [-0.2, 0) is 0 Å². The van der Waals surface area contributed by atoms with Crippen LogP contribution in [0, 0.1) is 0 Å². The fourth-order valence-electron chi connectivity index (χ4n) is 2.39. The molecular weight excluding hydrogens is 274 g/mol. The minimum Gasteiger partial charge on any atom is -0.390 e. The average molecular weight is 291 g/mol. The van der Waals surface area contributed by atoms with E-state index in [9.17, 15) is 8.78 Å². The number of nitrogens with zero attached hydrogens (tertiary/aromatic N) is 1. The highest BCUT2D eigenvalue weighted by molar-refractivity contribution is 6.30. The van der Waals surface area contributed by atoms with Gasteiger partial charge in [-0.3, -0.25) is 4.90 Å². The molecule has 0 aromatic heterocycles. The van der Waals surface area contributed by atoms with Gasteiger partial charge in [-0.1, -0.05) is 23.7 Å². The molecule has 0 amide bonds. The van der Waals surface area contributed by atoms with Gasteiger partial charge in [-0.15, -0.1) is 0 Å². The standard InChI is InChI=1S/C13H17ClF2N2O/c14-11-3-1-10(2-4-11)12(13(15,16)9-19)18-7-5-17-6-8-18/h1-4,12,17,19H,5-9H2/t12-/m1/s1. The first-order valence-electron chi connectivity index (χ1n) is 6.23. The summed E-state index contributed by atoms with van der Waals surface area (Å²) in [7, 11) is 0. The van der Waals surface area contributed by atoms with Gasteiger partial charge in [0, 0.05) is 31.2 Å². The van der Waals surface area contributed by atoms with Crippen LogP contribution >= 0.6 is 11.6 Å². The second-order valence-electron chi connectivity index (χ2n) is 4.66. The van der Waals surface area contributed by atoms with Crippen LogP contribution in [0.1, 0.15) is 11.6 Å². The third kappa shape index (κ3) is 3.42. The van der Waals surface area contributed by atoms with Gasteiger partial charge in [0.2, 0.25) is 0 Å². The Morgan fingerprint density at radius 3 is 2.37 bits per heavy atom. The highest BCUT2D eigenvalue weighted by Gasteiger charge is 2.43. The second kappa shape index (κ2) is 6.13. The fraction of sp³-hybridized carbons (Fsp3) is 0.538. The zero-order valence-electron chi connectivity index (χ0n) is 10.5. The van der Waals surface area contributed by atoms with Crippen LogP contribution < -0.4 is 5.32 Å². The van der Waals surface area contributed by atoms with Gasteiger partial charge in [0.15, 0.2) is 0 Å². The number of halogens is 3. The lowest BCUT2D eigenvalue weighted by Gasteiger charge is -2.38. The van der Waals surface area contributed by atoms with E-state index in [0.717, 1.165) is 0 Å². The number of piperazine rings is 1. The zero-order valence-corrected chi connectivity index (χ0v) is 11.2. The number of nitrogens with one attached hydrogen (secondary N) is 1. The minimum atomic E-state index is -3.18. The molecule has 6 heteroatoms. The summed E-state index contributed by atoms with van der Waals surface area (Å²) >= 11 is 5.79. The number of hydrogen-bond donors (Lipinski definition) is 2. The minimum absolute atomic E-state index is 0.477. The van der Waals surface area contributed by atoms with Crippen molar-refractivity contribution in [3.05, 3.63) is 34.9 Å². The summed E-state index contributed by atoms with van der Waals surface area (Å²) in [6, 6.07) is 5.27. The lowest BCUT2D eigenvalue weighted by atomic mass is 9.98. The molecule has 0 saturated carbocycles. The Kier molecular flexibility index (Phi) is 4.73. The predicted octanol–water partition coefficient (Wildman–Crippen LogP) is 1.91. The van der Waals surface area contributed by atoms with Gasteiger partial charge >= 0.3 is 0 Å². The van der Waals surface area contributed by atoms with Gasteiger partial charge in [-0.2, -0.15) is 0 Å². The van der Waals surface area contributed by atoms with Crippen LogP contribution in [0.3, 0.4) is 0 Å². The first kappa shape index (κ1) is 14.7. The van der Waals surface area contributed by atoms with Crippen molar-refractivity contribution in [1.29, 1.82) is 0 Å². The topological polar surface area (TPSA) is 35.5 Å². The summed E-state index contributed by atoms with van der Waals surface area (Å²) in [4.78, 5) is 1.70. The Morgan fingerprint density at radius 2 is 1.84 bits per heavy atom. The molecule has 0 bridgehead atoms. The Labute approximate surface area is 116 Å². The molecule has 1 aliphatic rings. The second-order valence-corrected chi connectivity index (χ2v) is 5.10. The third-order valence-electron chi connectivity index (χ3n) is 3.31. The molecule has 1 aliphatic heterocycles. The third-order valence-corrected chi connectivity index (χ3v) is 3.57. The van der Waals surface area contributed by atoms with E-state index in [4.69, 9.17) is 16.7 Å². The van der Waals surface area contributed by atoms with Crippen LogP contribution in [0.4, 0.5) is 8.78 Å².